The summed E-state index contributed by atoms with van der Waals surface area (Å²) >= 11 is 0. The Labute approximate surface area is 142 Å². The fourth-order valence-electron chi connectivity index (χ4n) is 2.72. The summed E-state index contributed by atoms with van der Waals surface area (Å²) in [6, 6.07) is 10.4. The third-order valence-corrected chi connectivity index (χ3v) is 4.11. The fraction of sp³-hybridized carbons (Fsp3) is 0.600. The second kappa shape index (κ2) is 10.5. The van der Waals surface area contributed by atoms with Gasteiger partial charge in [0.15, 0.2) is 0 Å². The Hall–Kier alpha value is -1.32. The lowest BCUT2D eigenvalue weighted by molar-refractivity contribution is 0.0466. The molecule has 130 valence electrons. The molecule has 0 radical (unpaired) electrons. The Balaban J connectivity index is 2.80. The van der Waals surface area contributed by atoms with E-state index in [0.717, 1.165) is 31.6 Å². The number of likely N-dealkylation sites (N-methyl/N-ethyl adjacent to an activating group) is 1. The maximum absolute atomic E-state index is 9.72. The van der Waals surface area contributed by atoms with Crippen molar-refractivity contribution >= 4 is 0 Å². The van der Waals surface area contributed by atoms with Gasteiger partial charge in [0.1, 0.15) is 6.10 Å². The van der Waals surface area contributed by atoms with Crippen LogP contribution in [0.1, 0.15) is 39.2 Å². The molecule has 1 N–H and O–H groups in total. The number of aliphatic hydroxyl groups excluding tert-OH is 1. The van der Waals surface area contributed by atoms with E-state index in [0.29, 0.717) is 5.92 Å². The molecule has 0 aliphatic rings. The van der Waals surface area contributed by atoms with Crippen molar-refractivity contribution in [1.82, 2.24) is 4.90 Å². The quantitative estimate of drug-likeness (QED) is 0.672. The van der Waals surface area contributed by atoms with E-state index in [1.165, 1.54) is 5.56 Å². The van der Waals surface area contributed by atoms with Crippen LogP contribution in [0, 0.1) is 5.92 Å². The number of hydrogen-bond acceptors (Lipinski definition) is 3. The fourth-order valence-corrected chi connectivity index (χ4v) is 2.72. The van der Waals surface area contributed by atoms with Crippen LogP contribution in [0.3, 0.4) is 0 Å². The molecule has 23 heavy (non-hydrogen) atoms. The van der Waals surface area contributed by atoms with E-state index in [1.54, 1.807) is 0 Å². The summed E-state index contributed by atoms with van der Waals surface area (Å²) in [5, 5.41) is 9.72. The first kappa shape index (κ1) is 19.7. The highest BCUT2D eigenvalue weighted by molar-refractivity contribution is 5.18. The smallest absolute Gasteiger partial charge is 0.100 e. The Morgan fingerprint density at radius 3 is 2.43 bits per heavy atom. The van der Waals surface area contributed by atoms with Gasteiger partial charge in [0.2, 0.25) is 0 Å². The Morgan fingerprint density at radius 1 is 1.26 bits per heavy atom. The van der Waals surface area contributed by atoms with Crippen molar-refractivity contribution in [3.63, 3.8) is 0 Å². The minimum Gasteiger partial charge on any atom is -0.394 e. The monoisotopic (exact) mass is 319 g/mol. The summed E-state index contributed by atoms with van der Waals surface area (Å²) in [6.45, 7) is 11.6. The van der Waals surface area contributed by atoms with E-state index in [9.17, 15) is 5.11 Å². The normalized spacial score (nSPS) is 13.8. The van der Waals surface area contributed by atoms with Crippen LogP contribution in [-0.4, -0.2) is 42.4 Å². The summed E-state index contributed by atoms with van der Waals surface area (Å²) in [5.41, 5.74) is 2.19. The molecule has 1 rings (SSSR count). The molecule has 0 saturated carbocycles. The van der Waals surface area contributed by atoms with Gasteiger partial charge in [-0.25, -0.2) is 0 Å². The number of rotatable bonds is 11. The largest absolute Gasteiger partial charge is 0.394 e. The van der Waals surface area contributed by atoms with Crippen molar-refractivity contribution in [2.45, 2.75) is 52.2 Å². The minimum atomic E-state index is -0.0523. The molecule has 3 nitrogen and oxygen atoms in total. The SMILES string of the molecule is C=C(C(Cc1ccccc1)OCCC)N(C)C(CO)CC(C)C. The number of aliphatic hydroxyl groups is 1. The Kier molecular flexibility index (Phi) is 8.97. The van der Waals surface area contributed by atoms with Crippen molar-refractivity contribution in [2.24, 2.45) is 5.92 Å². The van der Waals surface area contributed by atoms with Crippen molar-refractivity contribution in [3.05, 3.63) is 48.2 Å². The average molecular weight is 319 g/mol. The third kappa shape index (κ3) is 6.76. The first-order valence-electron chi connectivity index (χ1n) is 8.67. The standard InChI is InChI=1S/C20H33NO2/c1-6-12-23-20(14-18-10-8-7-9-11-18)17(4)21(5)19(15-22)13-16(2)3/h7-11,16,19-20,22H,4,6,12-15H2,1-3,5H3. The number of ether oxygens (including phenoxy) is 1. The third-order valence-electron chi connectivity index (χ3n) is 4.11. The first-order valence-corrected chi connectivity index (χ1v) is 8.67. The zero-order valence-corrected chi connectivity index (χ0v) is 15.2. The van der Waals surface area contributed by atoms with E-state index < -0.39 is 0 Å². The molecule has 0 aliphatic carbocycles. The number of benzene rings is 1. The second-order valence-corrected chi connectivity index (χ2v) is 6.62. The minimum absolute atomic E-state index is 0.0523. The van der Waals surface area contributed by atoms with Gasteiger partial charge in [-0.05, 0) is 24.3 Å². The van der Waals surface area contributed by atoms with Crippen LogP contribution in [0.2, 0.25) is 0 Å². The van der Waals surface area contributed by atoms with Crippen molar-refractivity contribution < 1.29 is 9.84 Å². The van der Waals surface area contributed by atoms with E-state index in [2.05, 4.69) is 44.4 Å². The van der Waals surface area contributed by atoms with Crippen molar-refractivity contribution in [3.8, 4) is 0 Å². The van der Waals surface area contributed by atoms with Gasteiger partial charge < -0.3 is 14.7 Å². The van der Waals surface area contributed by atoms with Crippen LogP contribution in [0.25, 0.3) is 0 Å². The maximum Gasteiger partial charge on any atom is 0.100 e. The number of hydrogen-bond donors (Lipinski definition) is 1. The zero-order valence-electron chi connectivity index (χ0n) is 15.2. The van der Waals surface area contributed by atoms with Gasteiger partial charge in [-0.3, -0.25) is 0 Å². The molecule has 2 unspecified atom stereocenters. The zero-order chi connectivity index (χ0) is 17.2. The molecular weight excluding hydrogens is 286 g/mol. The molecule has 3 heteroatoms. The highest BCUT2D eigenvalue weighted by Gasteiger charge is 2.23. The van der Waals surface area contributed by atoms with Crippen LogP contribution >= 0.6 is 0 Å². The molecule has 0 heterocycles. The van der Waals surface area contributed by atoms with E-state index in [1.807, 2.05) is 25.2 Å². The lowest BCUT2D eigenvalue weighted by Crippen LogP contribution is -2.40. The first-order chi connectivity index (χ1) is 11.0. The molecule has 0 bridgehead atoms. The molecular formula is C20H33NO2. The van der Waals surface area contributed by atoms with Crippen LogP contribution in [0.15, 0.2) is 42.6 Å². The van der Waals surface area contributed by atoms with Crippen LogP contribution in [0.5, 0.6) is 0 Å². The number of nitrogens with zero attached hydrogens (tertiary/aromatic N) is 1. The second-order valence-electron chi connectivity index (χ2n) is 6.62. The summed E-state index contributed by atoms with van der Waals surface area (Å²) in [6.07, 6.45) is 2.68. The molecule has 0 fully saturated rings. The highest BCUT2D eigenvalue weighted by Crippen LogP contribution is 2.20. The van der Waals surface area contributed by atoms with Gasteiger partial charge in [0.05, 0.1) is 12.6 Å². The molecule has 2 atom stereocenters. The van der Waals surface area contributed by atoms with Gasteiger partial charge in [-0.15, -0.1) is 0 Å². The summed E-state index contributed by atoms with van der Waals surface area (Å²) in [5.74, 6) is 0.534. The van der Waals surface area contributed by atoms with E-state index in [-0.39, 0.29) is 18.8 Å². The lowest BCUT2D eigenvalue weighted by atomic mass is 10.0. The van der Waals surface area contributed by atoms with Crippen LogP contribution in [0.4, 0.5) is 0 Å². The molecule has 0 aromatic heterocycles. The van der Waals surface area contributed by atoms with Crippen LogP contribution < -0.4 is 0 Å². The van der Waals surface area contributed by atoms with Gasteiger partial charge in [-0.1, -0.05) is 57.7 Å². The van der Waals surface area contributed by atoms with Gasteiger partial charge >= 0.3 is 0 Å². The molecule has 1 aromatic rings. The predicted molar refractivity (Wildman–Crippen MR) is 97.4 cm³/mol. The Bertz CT molecular complexity index is 444. The van der Waals surface area contributed by atoms with E-state index in [4.69, 9.17) is 4.74 Å². The highest BCUT2D eigenvalue weighted by atomic mass is 16.5. The van der Waals surface area contributed by atoms with Crippen molar-refractivity contribution in [2.75, 3.05) is 20.3 Å². The molecule has 0 amide bonds. The summed E-state index contributed by atoms with van der Waals surface area (Å²) in [4.78, 5) is 2.10. The topological polar surface area (TPSA) is 32.7 Å². The van der Waals surface area contributed by atoms with Gasteiger partial charge in [0, 0.05) is 25.8 Å². The maximum atomic E-state index is 9.72. The van der Waals surface area contributed by atoms with E-state index >= 15 is 0 Å². The van der Waals surface area contributed by atoms with Gasteiger partial charge in [0.25, 0.3) is 0 Å². The van der Waals surface area contributed by atoms with Gasteiger partial charge in [-0.2, -0.15) is 0 Å². The van der Waals surface area contributed by atoms with Crippen LogP contribution in [-0.2, 0) is 11.2 Å². The molecule has 0 aliphatic heterocycles. The predicted octanol–water partition coefficient (Wildman–Crippen LogP) is 3.88. The molecule has 1 aromatic carbocycles. The molecule has 0 spiro atoms. The van der Waals surface area contributed by atoms with Crippen molar-refractivity contribution in [1.29, 1.82) is 0 Å². The summed E-state index contributed by atoms with van der Waals surface area (Å²) in [7, 11) is 2.01. The summed E-state index contributed by atoms with van der Waals surface area (Å²) < 4.78 is 6.05. The lowest BCUT2D eigenvalue weighted by Gasteiger charge is -2.35. The Morgan fingerprint density at radius 2 is 1.91 bits per heavy atom. The average Bonchev–Trinajstić information content (AvgIpc) is 2.55. The molecule has 0 saturated heterocycles.